The summed E-state index contributed by atoms with van der Waals surface area (Å²) in [5, 5.41) is 5.68. The third-order valence-corrected chi connectivity index (χ3v) is 5.05. The summed E-state index contributed by atoms with van der Waals surface area (Å²) in [4.78, 5) is 5.55. The number of alkyl halides is 1. The molecule has 3 aromatic heterocycles. The van der Waals surface area contributed by atoms with Gasteiger partial charge in [0.15, 0.2) is 5.58 Å². The van der Waals surface area contributed by atoms with Crippen molar-refractivity contribution in [2.45, 2.75) is 39.0 Å². The number of thiophene rings is 1. The summed E-state index contributed by atoms with van der Waals surface area (Å²) >= 11 is 7.86. The van der Waals surface area contributed by atoms with Crippen LogP contribution in [-0.2, 0) is 13.0 Å². The number of pyridine rings is 1. The molecular formula is C19H19ClFN3OS. The van der Waals surface area contributed by atoms with Gasteiger partial charge in [0, 0.05) is 30.0 Å². The Labute approximate surface area is 160 Å². The van der Waals surface area contributed by atoms with Crippen LogP contribution < -0.4 is 11.1 Å². The Morgan fingerprint density at radius 3 is 2.96 bits per heavy atom. The highest BCUT2D eigenvalue weighted by atomic mass is 35.5. The molecule has 136 valence electrons. The minimum Gasteiger partial charge on any atom is -0.456 e. The van der Waals surface area contributed by atoms with Crippen LogP contribution in [0, 0.1) is 11.8 Å². The van der Waals surface area contributed by atoms with E-state index in [1.807, 2.05) is 17.5 Å². The molecule has 0 aliphatic rings. The van der Waals surface area contributed by atoms with Gasteiger partial charge in [-0.3, -0.25) is 0 Å². The van der Waals surface area contributed by atoms with Gasteiger partial charge in [0.2, 0.25) is 0 Å². The fourth-order valence-electron chi connectivity index (χ4n) is 2.58. The summed E-state index contributed by atoms with van der Waals surface area (Å²) in [5.41, 5.74) is 8.33. The zero-order valence-electron chi connectivity index (χ0n) is 14.5. The number of rotatable bonds is 6. The minimum atomic E-state index is -1.15. The first-order chi connectivity index (χ1) is 12.5. The number of nitrogens with zero attached hydrogens (tertiary/aromatic N) is 1. The molecule has 0 bridgehead atoms. The quantitative estimate of drug-likeness (QED) is 0.470. The molecule has 0 saturated heterocycles. The van der Waals surface area contributed by atoms with E-state index in [0.717, 1.165) is 5.69 Å². The fraction of sp³-hybridized carbons (Fsp3) is 0.316. The van der Waals surface area contributed by atoms with Crippen molar-refractivity contribution in [2.75, 3.05) is 5.32 Å². The molecule has 0 saturated carbocycles. The molecular weight excluding hydrogens is 373 g/mol. The molecule has 0 amide bonds. The van der Waals surface area contributed by atoms with Gasteiger partial charge >= 0.3 is 0 Å². The van der Waals surface area contributed by atoms with Crippen molar-refractivity contribution in [1.29, 1.82) is 0 Å². The Bertz CT molecular complexity index is 957. The van der Waals surface area contributed by atoms with Crippen molar-refractivity contribution in [2.24, 2.45) is 5.73 Å². The van der Waals surface area contributed by atoms with Crippen LogP contribution >= 0.6 is 22.9 Å². The molecule has 0 radical (unpaired) electrons. The maximum absolute atomic E-state index is 13.5. The largest absolute Gasteiger partial charge is 0.456 e. The van der Waals surface area contributed by atoms with E-state index in [0.29, 0.717) is 34.1 Å². The van der Waals surface area contributed by atoms with E-state index in [9.17, 15) is 4.39 Å². The smallest absolute Gasteiger partial charge is 0.177 e. The van der Waals surface area contributed by atoms with Crippen LogP contribution in [0.1, 0.15) is 30.0 Å². The predicted molar refractivity (Wildman–Crippen MR) is 105 cm³/mol. The number of nitrogens with one attached hydrogen (secondary N) is 1. The van der Waals surface area contributed by atoms with Crippen LogP contribution in [-0.4, -0.2) is 17.2 Å². The SMILES string of the molecule is CC#Cc1c(C[C@@H](N)[C@H](C)F)oc2c(NCc3cccs3)cc(Cl)nc12. The lowest BCUT2D eigenvalue weighted by atomic mass is 10.1. The predicted octanol–water partition coefficient (Wildman–Crippen LogP) is 4.75. The van der Waals surface area contributed by atoms with Gasteiger partial charge in [0.25, 0.3) is 0 Å². The second kappa shape index (κ2) is 8.09. The zero-order chi connectivity index (χ0) is 18.7. The zero-order valence-corrected chi connectivity index (χ0v) is 16.0. The topological polar surface area (TPSA) is 64.1 Å². The number of fused-ring (bicyclic) bond motifs is 1. The molecule has 3 aromatic rings. The van der Waals surface area contributed by atoms with Crippen LogP contribution in [0.3, 0.4) is 0 Å². The van der Waals surface area contributed by atoms with Gasteiger partial charge < -0.3 is 15.5 Å². The molecule has 3 N–H and O–H groups in total. The Kier molecular flexibility index (Phi) is 5.82. The van der Waals surface area contributed by atoms with E-state index in [4.69, 9.17) is 21.8 Å². The van der Waals surface area contributed by atoms with E-state index in [1.54, 1.807) is 24.3 Å². The molecule has 26 heavy (non-hydrogen) atoms. The molecule has 3 heterocycles. The van der Waals surface area contributed by atoms with E-state index >= 15 is 0 Å². The Balaban J connectivity index is 2.04. The Morgan fingerprint density at radius 1 is 1.50 bits per heavy atom. The van der Waals surface area contributed by atoms with Gasteiger partial charge in [-0.15, -0.1) is 17.3 Å². The monoisotopic (exact) mass is 391 g/mol. The summed E-state index contributed by atoms with van der Waals surface area (Å²) in [7, 11) is 0. The van der Waals surface area contributed by atoms with Crippen molar-refractivity contribution in [3.8, 4) is 11.8 Å². The highest BCUT2D eigenvalue weighted by Crippen LogP contribution is 2.33. The molecule has 0 unspecified atom stereocenters. The van der Waals surface area contributed by atoms with Crippen molar-refractivity contribution in [1.82, 2.24) is 4.98 Å². The number of hydrogen-bond donors (Lipinski definition) is 2. The van der Waals surface area contributed by atoms with Gasteiger partial charge in [0.05, 0.1) is 11.3 Å². The number of halogens is 2. The van der Waals surface area contributed by atoms with E-state index in [2.05, 4.69) is 22.1 Å². The first-order valence-corrected chi connectivity index (χ1v) is 9.46. The van der Waals surface area contributed by atoms with E-state index < -0.39 is 12.2 Å². The number of furan rings is 1. The number of aromatic nitrogens is 1. The summed E-state index contributed by atoms with van der Waals surface area (Å²) in [5.74, 6) is 6.38. The molecule has 0 aromatic carbocycles. The molecule has 3 rings (SSSR count). The minimum absolute atomic E-state index is 0.236. The standard InChI is InChI=1S/C19H19ClFN3OS/c1-3-5-13-16(8-14(22)11(2)21)25-19-15(9-17(20)24-18(13)19)23-10-12-6-4-7-26-12/h4,6-7,9,11,14H,8,10,22H2,1-2H3,(H,23,24)/t11-,14+/m0/s1. The van der Waals surface area contributed by atoms with Crippen molar-refractivity contribution in [3.05, 3.63) is 44.9 Å². The number of anilines is 1. The van der Waals surface area contributed by atoms with Crippen molar-refractivity contribution < 1.29 is 8.81 Å². The average molecular weight is 392 g/mol. The molecule has 0 aliphatic heterocycles. The van der Waals surface area contributed by atoms with Crippen molar-refractivity contribution in [3.63, 3.8) is 0 Å². The van der Waals surface area contributed by atoms with Gasteiger partial charge in [-0.2, -0.15) is 0 Å². The number of nitrogens with two attached hydrogens (primary N) is 1. The maximum atomic E-state index is 13.5. The normalized spacial score (nSPS) is 13.3. The van der Waals surface area contributed by atoms with Gasteiger partial charge in [0.1, 0.15) is 22.6 Å². The highest BCUT2D eigenvalue weighted by molar-refractivity contribution is 7.09. The lowest BCUT2D eigenvalue weighted by molar-refractivity contribution is 0.296. The highest BCUT2D eigenvalue weighted by Gasteiger charge is 2.22. The molecule has 0 aliphatic carbocycles. The van der Waals surface area contributed by atoms with E-state index in [1.165, 1.54) is 11.8 Å². The van der Waals surface area contributed by atoms with Crippen LogP contribution in [0.15, 0.2) is 28.0 Å². The van der Waals surface area contributed by atoms with Crippen molar-refractivity contribution >= 4 is 39.7 Å². The average Bonchev–Trinajstić information content (AvgIpc) is 3.22. The van der Waals surface area contributed by atoms with Gasteiger partial charge in [-0.1, -0.05) is 23.6 Å². The maximum Gasteiger partial charge on any atom is 0.177 e. The van der Waals surface area contributed by atoms with Crippen LogP contribution in [0.2, 0.25) is 5.15 Å². The summed E-state index contributed by atoms with van der Waals surface area (Å²) in [6.45, 7) is 3.79. The molecule has 2 atom stereocenters. The van der Waals surface area contributed by atoms with Gasteiger partial charge in [-0.05, 0) is 25.3 Å². The van der Waals surface area contributed by atoms with Gasteiger partial charge in [-0.25, -0.2) is 9.37 Å². The first kappa shape index (κ1) is 18.7. The molecule has 0 spiro atoms. The third-order valence-electron chi connectivity index (χ3n) is 3.98. The molecule has 4 nitrogen and oxygen atoms in total. The summed E-state index contributed by atoms with van der Waals surface area (Å²) in [6.07, 6.45) is -0.918. The fourth-order valence-corrected chi connectivity index (χ4v) is 3.42. The number of hydrogen-bond acceptors (Lipinski definition) is 5. The molecule has 0 fully saturated rings. The molecule has 7 heteroatoms. The summed E-state index contributed by atoms with van der Waals surface area (Å²) in [6, 6.07) is 5.08. The van der Waals surface area contributed by atoms with Crippen LogP contribution in [0.5, 0.6) is 0 Å². The van der Waals surface area contributed by atoms with Crippen LogP contribution in [0.4, 0.5) is 10.1 Å². The van der Waals surface area contributed by atoms with Crippen LogP contribution in [0.25, 0.3) is 11.1 Å². The lowest BCUT2D eigenvalue weighted by Gasteiger charge is -2.10. The second-order valence-electron chi connectivity index (χ2n) is 5.92. The summed E-state index contributed by atoms with van der Waals surface area (Å²) < 4.78 is 19.5. The lowest BCUT2D eigenvalue weighted by Crippen LogP contribution is -2.31. The third kappa shape index (κ3) is 4.01. The Morgan fingerprint density at radius 2 is 2.31 bits per heavy atom. The first-order valence-electron chi connectivity index (χ1n) is 8.20. The second-order valence-corrected chi connectivity index (χ2v) is 7.34. The van der Waals surface area contributed by atoms with E-state index in [-0.39, 0.29) is 6.42 Å². The Hall–Kier alpha value is -2.07.